The van der Waals surface area contributed by atoms with Crippen molar-refractivity contribution >= 4 is 53.3 Å². The Kier molecular flexibility index (Phi) is 7.99. The Morgan fingerprint density at radius 1 is 0.407 bits per heavy atom. The minimum atomic E-state index is 0.355. The molecule has 12 rings (SSSR count). The first-order valence-corrected chi connectivity index (χ1v) is 21.5. The van der Waals surface area contributed by atoms with Gasteiger partial charge in [-0.05, 0) is 111 Å². The average Bonchev–Trinajstić information content (AvgIpc) is 3.96. The molecule has 9 aromatic carbocycles. The van der Waals surface area contributed by atoms with E-state index >= 15 is 0 Å². The van der Waals surface area contributed by atoms with Crippen molar-refractivity contribution in [2.45, 2.75) is 18.8 Å². The fraction of sp³-hybridized carbons (Fsp3) is 0.0526. The van der Waals surface area contributed by atoms with Crippen molar-refractivity contribution in [2.75, 3.05) is 0 Å². The minimum absolute atomic E-state index is 0.355. The topological polar surface area (TPSA) is 4.93 Å². The summed E-state index contributed by atoms with van der Waals surface area (Å²) in [5.41, 5.74) is 18.1. The number of aromatic nitrogens is 1. The molecule has 0 N–H and O–H groups in total. The van der Waals surface area contributed by atoms with E-state index in [0.29, 0.717) is 5.92 Å². The van der Waals surface area contributed by atoms with Crippen molar-refractivity contribution in [1.29, 1.82) is 0 Å². The molecule has 0 saturated carbocycles. The lowest BCUT2D eigenvalue weighted by Gasteiger charge is -2.15. The van der Waals surface area contributed by atoms with Crippen molar-refractivity contribution in [1.82, 2.24) is 4.57 Å². The lowest BCUT2D eigenvalue weighted by atomic mass is 9.88. The van der Waals surface area contributed by atoms with Crippen LogP contribution < -0.4 is 0 Å². The molecule has 2 aromatic heterocycles. The van der Waals surface area contributed by atoms with Crippen LogP contribution >= 0.6 is 11.3 Å². The predicted molar refractivity (Wildman–Crippen MR) is 252 cm³/mol. The van der Waals surface area contributed by atoms with E-state index in [-0.39, 0.29) is 0 Å². The zero-order valence-corrected chi connectivity index (χ0v) is 33.3. The maximum atomic E-state index is 2.51. The molecule has 1 nitrogen and oxygen atoms in total. The molecule has 11 aromatic rings. The summed E-state index contributed by atoms with van der Waals surface area (Å²) < 4.78 is 5.14. The van der Waals surface area contributed by atoms with Crippen LogP contribution in [0.3, 0.4) is 0 Å². The zero-order valence-electron chi connectivity index (χ0n) is 32.5. The maximum Gasteiger partial charge on any atom is 0.0547 e. The minimum Gasteiger partial charge on any atom is -0.309 e. The van der Waals surface area contributed by atoms with Crippen LogP contribution in [0.1, 0.15) is 29.0 Å². The second-order valence-corrected chi connectivity index (χ2v) is 17.0. The van der Waals surface area contributed by atoms with E-state index in [9.17, 15) is 0 Å². The zero-order chi connectivity index (χ0) is 38.9. The van der Waals surface area contributed by atoms with E-state index < -0.39 is 0 Å². The molecule has 0 radical (unpaired) electrons. The standard InChI is InChI=1S/C57H39NS/c1-3-15-37(16-4-1)29-31-46-44-21-7-8-22-45(44)47-32-30-41(34-51(46)47)43-25-14-27-54-56(43)49-24-9-11-26-53(49)58(54)42-35-50(57-52(36-42)48-23-10-12-28-55(48)59-57)40-20-13-19-39(33-40)38-17-5-2-6-18-38/h1-28,30,32-36,46H,29,31H2. The van der Waals surface area contributed by atoms with Gasteiger partial charge in [-0.3, -0.25) is 0 Å². The molecule has 1 aliphatic rings. The van der Waals surface area contributed by atoms with Crippen LogP contribution in [-0.4, -0.2) is 4.57 Å². The third-order valence-corrected chi connectivity index (χ3v) is 13.8. The van der Waals surface area contributed by atoms with Gasteiger partial charge in [0.15, 0.2) is 0 Å². The second kappa shape index (κ2) is 13.8. The van der Waals surface area contributed by atoms with Gasteiger partial charge in [-0.15, -0.1) is 11.3 Å². The third kappa shape index (κ3) is 5.59. The van der Waals surface area contributed by atoms with Gasteiger partial charge in [-0.1, -0.05) is 164 Å². The number of rotatable bonds is 7. The van der Waals surface area contributed by atoms with Gasteiger partial charge >= 0.3 is 0 Å². The predicted octanol–water partition coefficient (Wildman–Crippen LogP) is 15.9. The Hall–Kier alpha value is -7.00. The maximum absolute atomic E-state index is 2.51. The van der Waals surface area contributed by atoms with Gasteiger partial charge in [0.2, 0.25) is 0 Å². The summed E-state index contributed by atoms with van der Waals surface area (Å²) in [5.74, 6) is 0.355. The summed E-state index contributed by atoms with van der Waals surface area (Å²) in [7, 11) is 0. The van der Waals surface area contributed by atoms with Crippen molar-refractivity contribution in [3.05, 3.63) is 223 Å². The molecule has 1 atom stereocenters. The highest BCUT2D eigenvalue weighted by atomic mass is 32.1. The quantitative estimate of drug-likeness (QED) is 0.152. The van der Waals surface area contributed by atoms with Gasteiger partial charge in [0.05, 0.1) is 11.0 Å². The number of hydrogen-bond donors (Lipinski definition) is 0. The van der Waals surface area contributed by atoms with E-state index in [0.717, 1.165) is 12.8 Å². The van der Waals surface area contributed by atoms with Crippen molar-refractivity contribution in [3.8, 4) is 50.2 Å². The van der Waals surface area contributed by atoms with Crippen molar-refractivity contribution in [3.63, 3.8) is 0 Å². The smallest absolute Gasteiger partial charge is 0.0547 e. The van der Waals surface area contributed by atoms with Crippen LogP contribution in [0.15, 0.2) is 206 Å². The Bertz CT molecular complexity index is 3390. The largest absolute Gasteiger partial charge is 0.309 e. The molecule has 0 saturated heterocycles. The summed E-state index contributed by atoms with van der Waals surface area (Å²) >= 11 is 1.90. The summed E-state index contributed by atoms with van der Waals surface area (Å²) in [5, 5.41) is 5.16. The van der Waals surface area contributed by atoms with Crippen LogP contribution in [0.2, 0.25) is 0 Å². The molecule has 1 unspecified atom stereocenters. The molecule has 0 spiro atoms. The van der Waals surface area contributed by atoms with E-state index in [1.165, 1.54) is 109 Å². The van der Waals surface area contributed by atoms with Gasteiger partial charge in [0.25, 0.3) is 0 Å². The van der Waals surface area contributed by atoms with E-state index in [4.69, 9.17) is 0 Å². The molecule has 2 heterocycles. The molecular formula is C57H39NS. The van der Waals surface area contributed by atoms with E-state index in [1.807, 2.05) is 11.3 Å². The molecule has 0 aliphatic heterocycles. The second-order valence-electron chi connectivity index (χ2n) is 15.9. The number of aryl methyl sites for hydroxylation is 1. The van der Waals surface area contributed by atoms with E-state index in [1.54, 1.807) is 0 Å². The molecule has 278 valence electrons. The number of hydrogen-bond acceptors (Lipinski definition) is 1. The monoisotopic (exact) mass is 769 g/mol. The van der Waals surface area contributed by atoms with Gasteiger partial charge in [0, 0.05) is 48.1 Å². The first kappa shape index (κ1) is 34.1. The highest BCUT2D eigenvalue weighted by molar-refractivity contribution is 7.26. The summed E-state index contributed by atoms with van der Waals surface area (Å²) in [6.07, 6.45) is 2.13. The number of para-hydroxylation sites is 1. The highest BCUT2D eigenvalue weighted by Crippen LogP contribution is 2.50. The summed E-state index contributed by atoms with van der Waals surface area (Å²) in [4.78, 5) is 0. The molecule has 2 heteroatoms. The number of fused-ring (bicyclic) bond motifs is 9. The molecule has 1 aliphatic carbocycles. The lowest BCUT2D eigenvalue weighted by molar-refractivity contribution is 0.730. The van der Waals surface area contributed by atoms with Gasteiger partial charge in [0.1, 0.15) is 0 Å². The summed E-state index contributed by atoms with van der Waals surface area (Å²) in [6.45, 7) is 0. The fourth-order valence-electron chi connectivity index (χ4n) is 9.93. The van der Waals surface area contributed by atoms with Crippen molar-refractivity contribution < 1.29 is 0 Å². The third-order valence-electron chi connectivity index (χ3n) is 12.6. The fourth-order valence-corrected chi connectivity index (χ4v) is 11.2. The molecule has 59 heavy (non-hydrogen) atoms. The Labute approximate surface area is 348 Å². The van der Waals surface area contributed by atoms with Crippen LogP contribution in [-0.2, 0) is 6.42 Å². The molecule has 0 bridgehead atoms. The molecule has 0 fully saturated rings. The average molecular weight is 770 g/mol. The Morgan fingerprint density at radius 3 is 1.97 bits per heavy atom. The Morgan fingerprint density at radius 2 is 1.07 bits per heavy atom. The molecular weight excluding hydrogens is 731 g/mol. The van der Waals surface area contributed by atoms with Crippen molar-refractivity contribution in [2.24, 2.45) is 0 Å². The molecule has 0 amide bonds. The van der Waals surface area contributed by atoms with Crippen LogP contribution in [0.25, 0.3) is 92.2 Å². The van der Waals surface area contributed by atoms with Gasteiger partial charge < -0.3 is 4.57 Å². The van der Waals surface area contributed by atoms with Crippen LogP contribution in [0, 0.1) is 0 Å². The number of benzene rings is 9. The first-order valence-electron chi connectivity index (χ1n) is 20.7. The number of thiophene rings is 1. The van der Waals surface area contributed by atoms with Crippen LogP contribution in [0.4, 0.5) is 0 Å². The first-order chi connectivity index (χ1) is 29.3. The van der Waals surface area contributed by atoms with Gasteiger partial charge in [-0.2, -0.15) is 0 Å². The normalized spacial score (nSPS) is 13.4. The number of nitrogens with zero attached hydrogens (tertiary/aromatic N) is 1. The van der Waals surface area contributed by atoms with Gasteiger partial charge in [-0.25, -0.2) is 0 Å². The summed E-state index contributed by atoms with van der Waals surface area (Å²) in [6, 6.07) is 76.7. The lowest BCUT2D eigenvalue weighted by Crippen LogP contribution is -1.99. The van der Waals surface area contributed by atoms with E-state index in [2.05, 4.69) is 211 Å². The Balaban J connectivity index is 1.05. The highest BCUT2D eigenvalue weighted by Gasteiger charge is 2.29. The van der Waals surface area contributed by atoms with Crippen LogP contribution in [0.5, 0.6) is 0 Å². The SMILES string of the molecule is c1ccc(CCC2c3ccccc3-c3ccc(-c4cccc5c4c4ccccc4n5-c4cc(-c5cccc(-c6ccccc6)c5)c5sc6ccccc6c5c4)cc32)cc1.